The number of nitrogens with two attached hydrogens (primary N) is 1. The van der Waals surface area contributed by atoms with E-state index in [1.165, 1.54) is 19.3 Å². The van der Waals surface area contributed by atoms with Gasteiger partial charge in [-0.2, -0.15) is 13.5 Å². The molecule has 1 aromatic heterocycles. The first-order valence-corrected chi connectivity index (χ1v) is 6.29. The van der Waals surface area contributed by atoms with Crippen LogP contribution in [0.1, 0.15) is 0 Å². The van der Waals surface area contributed by atoms with E-state index >= 15 is 0 Å². The molecule has 6 nitrogen and oxygen atoms in total. The van der Waals surface area contributed by atoms with Crippen molar-refractivity contribution in [3.63, 3.8) is 0 Å². The SMILES string of the molecule is CN(c1cccc(N)c1)S(=O)(=O)c1ccn[nH]1. The van der Waals surface area contributed by atoms with E-state index in [0.717, 1.165) is 4.31 Å². The number of rotatable bonds is 3. The minimum absolute atomic E-state index is 0.0439. The molecule has 7 heteroatoms. The molecule has 0 amide bonds. The highest BCUT2D eigenvalue weighted by Gasteiger charge is 2.22. The Bertz CT molecular complexity index is 607. The van der Waals surface area contributed by atoms with Crippen LogP contribution in [0.4, 0.5) is 11.4 Å². The van der Waals surface area contributed by atoms with Crippen molar-refractivity contribution in [2.45, 2.75) is 5.03 Å². The van der Waals surface area contributed by atoms with E-state index in [1.54, 1.807) is 24.3 Å². The number of hydrogen-bond donors (Lipinski definition) is 2. The van der Waals surface area contributed by atoms with E-state index in [0.29, 0.717) is 11.4 Å². The molecule has 2 rings (SSSR count). The fraction of sp³-hybridized carbons (Fsp3) is 0.100. The van der Waals surface area contributed by atoms with Crippen molar-refractivity contribution >= 4 is 21.4 Å². The quantitative estimate of drug-likeness (QED) is 0.791. The molecule has 0 fully saturated rings. The topological polar surface area (TPSA) is 92.1 Å². The highest BCUT2D eigenvalue weighted by molar-refractivity contribution is 7.92. The van der Waals surface area contributed by atoms with Crippen molar-refractivity contribution in [3.8, 4) is 0 Å². The maximum atomic E-state index is 12.1. The molecule has 0 aliphatic rings. The summed E-state index contributed by atoms with van der Waals surface area (Å²) in [5.41, 5.74) is 6.62. The standard InChI is InChI=1S/C10H12N4O2S/c1-14(9-4-2-3-8(11)7-9)17(15,16)10-5-6-12-13-10/h2-7H,11H2,1H3,(H,12,13). The number of anilines is 2. The first-order chi connectivity index (χ1) is 8.01. The predicted molar refractivity (Wildman–Crippen MR) is 65.0 cm³/mol. The molecule has 2 aromatic rings. The Labute approximate surface area is 99.1 Å². The summed E-state index contributed by atoms with van der Waals surface area (Å²) in [7, 11) is -2.14. The van der Waals surface area contributed by atoms with Crippen LogP contribution in [-0.2, 0) is 10.0 Å². The van der Waals surface area contributed by atoms with Crippen molar-refractivity contribution in [2.24, 2.45) is 0 Å². The summed E-state index contributed by atoms with van der Waals surface area (Å²) in [6, 6.07) is 8.06. The summed E-state index contributed by atoms with van der Waals surface area (Å²) in [5.74, 6) is 0. The normalized spacial score (nSPS) is 11.4. The highest BCUT2D eigenvalue weighted by Crippen LogP contribution is 2.22. The average molecular weight is 252 g/mol. The van der Waals surface area contributed by atoms with Gasteiger partial charge >= 0.3 is 0 Å². The van der Waals surface area contributed by atoms with E-state index in [1.807, 2.05) is 0 Å². The van der Waals surface area contributed by atoms with Gasteiger partial charge in [-0.05, 0) is 24.3 Å². The Morgan fingerprint density at radius 1 is 1.35 bits per heavy atom. The lowest BCUT2D eigenvalue weighted by atomic mass is 10.3. The van der Waals surface area contributed by atoms with E-state index < -0.39 is 10.0 Å². The number of nitrogens with zero attached hydrogens (tertiary/aromatic N) is 2. The Hall–Kier alpha value is -2.02. The lowest BCUT2D eigenvalue weighted by Crippen LogP contribution is -2.26. The minimum Gasteiger partial charge on any atom is -0.399 e. The van der Waals surface area contributed by atoms with Gasteiger partial charge in [0.1, 0.15) is 0 Å². The lowest BCUT2D eigenvalue weighted by Gasteiger charge is -2.18. The van der Waals surface area contributed by atoms with Crippen LogP contribution in [0.15, 0.2) is 41.6 Å². The summed E-state index contributed by atoms with van der Waals surface area (Å²) in [6.07, 6.45) is 1.39. The van der Waals surface area contributed by atoms with Crippen molar-refractivity contribution in [1.82, 2.24) is 10.2 Å². The molecule has 1 heterocycles. The van der Waals surface area contributed by atoms with Crippen LogP contribution in [0.3, 0.4) is 0 Å². The molecule has 0 unspecified atom stereocenters. The Kier molecular flexibility index (Phi) is 2.76. The van der Waals surface area contributed by atoms with Crippen molar-refractivity contribution < 1.29 is 8.42 Å². The third kappa shape index (κ3) is 2.09. The van der Waals surface area contributed by atoms with Crippen molar-refractivity contribution in [2.75, 3.05) is 17.1 Å². The van der Waals surface area contributed by atoms with Crippen LogP contribution < -0.4 is 10.0 Å². The number of nitrogen functional groups attached to an aromatic ring is 1. The predicted octanol–water partition coefficient (Wildman–Crippen LogP) is 0.817. The fourth-order valence-electron chi connectivity index (χ4n) is 1.39. The lowest BCUT2D eigenvalue weighted by molar-refractivity contribution is 0.590. The second-order valence-corrected chi connectivity index (χ2v) is 5.43. The first-order valence-electron chi connectivity index (χ1n) is 4.85. The summed E-state index contributed by atoms with van der Waals surface area (Å²) in [5, 5.41) is 6.10. The van der Waals surface area contributed by atoms with Crippen LogP contribution >= 0.6 is 0 Å². The number of sulfonamides is 1. The zero-order valence-corrected chi connectivity index (χ0v) is 9.98. The molecule has 0 aliphatic heterocycles. The molecule has 0 spiro atoms. The number of aromatic amines is 1. The number of hydrogen-bond acceptors (Lipinski definition) is 4. The number of aromatic nitrogens is 2. The molecule has 17 heavy (non-hydrogen) atoms. The molecular weight excluding hydrogens is 240 g/mol. The minimum atomic E-state index is -3.61. The van der Waals surface area contributed by atoms with E-state index in [9.17, 15) is 8.42 Å². The van der Waals surface area contributed by atoms with Crippen LogP contribution in [0.25, 0.3) is 0 Å². The van der Waals surface area contributed by atoms with Crippen LogP contribution in [0.5, 0.6) is 0 Å². The molecule has 0 saturated heterocycles. The molecule has 3 N–H and O–H groups in total. The molecule has 0 saturated carbocycles. The molecular formula is C10H12N4O2S. The van der Waals surface area contributed by atoms with E-state index in [2.05, 4.69) is 10.2 Å². The highest BCUT2D eigenvalue weighted by atomic mass is 32.2. The molecule has 0 atom stereocenters. The van der Waals surface area contributed by atoms with Crippen molar-refractivity contribution in [1.29, 1.82) is 0 Å². The van der Waals surface area contributed by atoms with Crippen molar-refractivity contribution in [3.05, 3.63) is 36.5 Å². The second kappa shape index (κ2) is 4.10. The number of H-pyrrole nitrogens is 1. The third-order valence-electron chi connectivity index (χ3n) is 2.35. The van der Waals surface area contributed by atoms with Gasteiger partial charge in [0, 0.05) is 12.7 Å². The van der Waals surface area contributed by atoms with Crippen LogP contribution in [0, 0.1) is 0 Å². The van der Waals surface area contributed by atoms with E-state index in [-0.39, 0.29) is 5.03 Å². The second-order valence-electron chi connectivity index (χ2n) is 3.49. The summed E-state index contributed by atoms with van der Waals surface area (Å²) in [4.78, 5) is 0. The number of benzene rings is 1. The van der Waals surface area contributed by atoms with Gasteiger partial charge in [0.2, 0.25) is 0 Å². The van der Waals surface area contributed by atoms with Gasteiger partial charge in [0.05, 0.1) is 11.9 Å². The molecule has 0 aliphatic carbocycles. The van der Waals surface area contributed by atoms with E-state index in [4.69, 9.17) is 5.73 Å². The van der Waals surface area contributed by atoms with Gasteiger partial charge in [-0.15, -0.1) is 0 Å². The molecule has 0 bridgehead atoms. The number of nitrogens with one attached hydrogen (secondary N) is 1. The van der Waals surface area contributed by atoms with Crippen LogP contribution in [-0.4, -0.2) is 25.7 Å². The van der Waals surface area contributed by atoms with Gasteiger partial charge in [-0.1, -0.05) is 6.07 Å². The largest absolute Gasteiger partial charge is 0.399 e. The third-order valence-corrected chi connectivity index (χ3v) is 4.06. The summed E-state index contributed by atoms with van der Waals surface area (Å²) in [6.45, 7) is 0. The molecule has 0 radical (unpaired) electrons. The Morgan fingerprint density at radius 3 is 2.71 bits per heavy atom. The first kappa shape index (κ1) is 11.5. The Morgan fingerprint density at radius 2 is 2.12 bits per heavy atom. The van der Waals surface area contributed by atoms with Gasteiger partial charge in [0.25, 0.3) is 10.0 Å². The maximum absolute atomic E-state index is 12.1. The smallest absolute Gasteiger partial charge is 0.281 e. The molecule has 90 valence electrons. The maximum Gasteiger partial charge on any atom is 0.281 e. The van der Waals surface area contributed by atoms with Crippen LogP contribution in [0.2, 0.25) is 0 Å². The summed E-state index contributed by atoms with van der Waals surface area (Å²) < 4.78 is 25.4. The average Bonchev–Trinajstić information content (AvgIpc) is 2.82. The monoisotopic (exact) mass is 252 g/mol. The van der Waals surface area contributed by atoms with Gasteiger partial charge in [-0.3, -0.25) is 9.40 Å². The van der Waals surface area contributed by atoms with Gasteiger partial charge in [-0.25, -0.2) is 0 Å². The fourth-order valence-corrected chi connectivity index (χ4v) is 2.48. The zero-order chi connectivity index (χ0) is 12.5. The van der Waals surface area contributed by atoms with Gasteiger partial charge < -0.3 is 5.73 Å². The zero-order valence-electron chi connectivity index (χ0n) is 9.16. The Balaban J connectivity index is 2.42. The summed E-state index contributed by atoms with van der Waals surface area (Å²) >= 11 is 0. The molecule has 1 aromatic carbocycles. The van der Waals surface area contributed by atoms with Gasteiger partial charge in [0.15, 0.2) is 5.03 Å².